The molecule has 19 heavy (non-hydrogen) atoms. The summed E-state index contributed by atoms with van der Waals surface area (Å²) in [6, 6.07) is -0.799. The number of carbonyl (C=O) groups is 3. The Balaban J connectivity index is 2.12. The van der Waals surface area contributed by atoms with Gasteiger partial charge in [0.1, 0.15) is 5.92 Å². The maximum Gasteiger partial charge on any atom is 0.331 e. The van der Waals surface area contributed by atoms with Crippen LogP contribution in [-0.2, 0) is 9.59 Å². The molecular formula is C13H20N2O4. The zero-order chi connectivity index (χ0) is 14.0. The lowest BCUT2D eigenvalue weighted by Gasteiger charge is -2.38. The lowest BCUT2D eigenvalue weighted by atomic mass is 9.90. The lowest BCUT2D eigenvalue weighted by Crippen LogP contribution is -2.61. The normalized spacial score (nSPS) is 32.4. The Morgan fingerprint density at radius 3 is 2.42 bits per heavy atom. The first-order valence-electron chi connectivity index (χ1n) is 6.90. The molecule has 1 atom stereocenters. The molecule has 0 unspecified atom stereocenters. The first-order chi connectivity index (χ1) is 9.04. The molecule has 1 heterocycles. The molecule has 2 fully saturated rings. The second-order valence-electron chi connectivity index (χ2n) is 5.31. The van der Waals surface area contributed by atoms with Gasteiger partial charge in [-0.05, 0) is 32.1 Å². The Labute approximate surface area is 112 Å². The summed E-state index contributed by atoms with van der Waals surface area (Å²) in [6.45, 7) is 1.90. The van der Waals surface area contributed by atoms with Crippen molar-refractivity contribution in [1.29, 1.82) is 0 Å². The highest BCUT2D eigenvalue weighted by atomic mass is 16.3. The summed E-state index contributed by atoms with van der Waals surface area (Å²) in [5, 5.41) is 11.7. The van der Waals surface area contributed by atoms with E-state index in [1.54, 1.807) is 0 Å². The van der Waals surface area contributed by atoms with Crippen LogP contribution < -0.4 is 5.32 Å². The largest absolute Gasteiger partial charge is 0.393 e. The second-order valence-corrected chi connectivity index (χ2v) is 5.31. The van der Waals surface area contributed by atoms with Crippen LogP contribution in [0.1, 0.15) is 45.4 Å². The minimum absolute atomic E-state index is 0.191. The molecule has 0 aromatic rings. The third kappa shape index (κ3) is 2.78. The van der Waals surface area contributed by atoms with E-state index in [-0.39, 0.29) is 18.1 Å². The summed E-state index contributed by atoms with van der Waals surface area (Å²) >= 11 is 0. The van der Waals surface area contributed by atoms with Gasteiger partial charge in [-0.3, -0.25) is 19.8 Å². The van der Waals surface area contributed by atoms with E-state index >= 15 is 0 Å². The van der Waals surface area contributed by atoms with Gasteiger partial charge >= 0.3 is 6.03 Å². The molecule has 6 nitrogen and oxygen atoms in total. The van der Waals surface area contributed by atoms with Crippen LogP contribution in [0.2, 0.25) is 0 Å². The Kier molecular flexibility index (Phi) is 4.19. The molecule has 1 aliphatic carbocycles. The third-order valence-electron chi connectivity index (χ3n) is 3.91. The number of rotatable bonds is 3. The van der Waals surface area contributed by atoms with Gasteiger partial charge in [-0.1, -0.05) is 13.3 Å². The average molecular weight is 268 g/mol. The summed E-state index contributed by atoms with van der Waals surface area (Å²) in [4.78, 5) is 37.0. The molecule has 0 aromatic carbocycles. The van der Waals surface area contributed by atoms with Crippen LogP contribution in [-0.4, -0.2) is 40.0 Å². The number of carbonyl (C=O) groups excluding carboxylic acids is 3. The molecule has 1 saturated carbocycles. The Hall–Kier alpha value is -1.43. The number of nitrogens with one attached hydrogen (secondary N) is 1. The molecule has 0 bridgehead atoms. The van der Waals surface area contributed by atoms with Gasteiger partial charge in [0.15, 0.2) is 0 Å². The summed E-state index contributed by atoms with van der Waals surface area (Å²) in [5.41, 5.74) is 0. The van der Waals surface area contributed by atoms with Crippen LogP contribution in [0.5, 0.6) is 0 Å². The fraction of sp³-hybridized carbons (Fsp3) is 0.769. The topological polar surface area (TPSA) is 86.7 Å². The summed E-state index contributed by atoms with van der Waals surface area (Å²) in [7, 11) is 0. The van der Waals surface area contributed by atoms with Crippen molar-refractivity contribution in [2.24, 2.45) is 5.92 Å². The highest BCUT2D eigenvalue weighted by Gasteiger charge is 2.43. The predicted molar refractivity (Wildman–Crippen MR) is 67.0 cm³/mol. The van der Waals surface area contributed by atoms with E-state index in [0.29, 0.717) is 32.1 Å². The fourth-order valence-electron chi connectivity index (χ4n) is 2.84. The van der Waals surface area contributed by atoms with E-state index in [9.17, 15) is 19.5 Å². The molecule has 4 amide bonds. The molecule has 0 radical (unpaired) electrons. The predicted octanol–water partition coefficient (Wildman–Crippen LogP) is 0.785. The standard InChI is InChI=1S/C13H20N2O4/c1-2-3-10-11(17)14-13(19)15(12(10)18)8-4-6-9(16)7-5-8/h8-10,16H,2-7H2,1H3,(H,14,17,19)/t8?,9?,10-/m0/s1. The molecule has 2 N–H and O–H groups in total. The highest BCUT2D eigenvalue weighted by Crippen LogP contribution is 2.27. The van der Waals surface area contributed by atoms with Crippen LogP contribution in [0.25, 0.3) is 0 Å². The zero-order valence-corrected chi connectivity index (χ0v) is 11.1. The maximum atomic E-state index is 12.3. The molecule has 1 aliphatic heterocycles. The third-order valence-corrected chi connectivity index (χ3v) is 3.91. The van der Waals surface area contributed by atoms with E-state index in [1.807, 2.05) is 6.92 Å². The van der Waals surface area contributed by atoms with Crippen molar-refractivity contribution in [2.45, 2.75) is 57.6 Å². The van der Waals surface area contributed by atoms with Crippen LogP contribution in [0, 0.1) is 5.92 Å². The number of aliphatic hydroxyl groups excluding tert-OH is 1. The van der Waals surface area contributed by atoms with Crippen molar-refractivity contribution in [3.63, 3.8) is 0 Å². The Morgan fingerprint density at radius 1 is 1.21 bits per heavy atom. The highest BCUT2D eigenvalue weighted by molar-refractivity contribution is 6.16. The van der Waals surface area contributed by atoms with E-state index in [2.05, 4.69) is 5.32 Å². The molecule has 2 aliphatic rings. The van der Waals surface area contributed by atoms with Crippen molar-refractivity contribution in [3.8, 4) is 0 Å². The molecule has 106 valence electrons. The zero-order valence-electron chi connectivity index (χ0n) is 11.1. The van der Waals surface area contributed by atoms with Crippen molar-refractivity contribution in [3.05, 3.63) is 0 Å². The van der Waals surface area contributed by atoms with Crippen molar-refractivity contribution in [1.82, 2.24) is 10.2 Å². The minimum Gasteiger partial charge on any atom is -0.393 e. The average Bonchev–Trinajstić information content (AvgIpc) is 2.36. The summed E-state index contributed by atoms with van der Waals surface area (Å²) < 4.78 is 0. The Bertz CT molecular complexity index is 388. The van der Waals surface area contributed by atoms with Gasteiger partial charge in [0.05, 0.1) is 6.10 Å². The number of hydrogen-bond donors (Lipinski definition) is 2. The lowest BCUT2D eigenvalue weighted by molar-refractivity contribution is -0.145. The van der Waals surface area contributed by atoms with Crippen molar-refractivity contribution >= 4 is 17.8 Å². The summed E-state index contributed by atoms with van der Waals surface area (Å²) in [6.07, 6.45) is 3.23. The van der Waals surface area contributed by atoms with Crippen molar-refractivity contribution in [2.75, 3.05) is 0 Å². The van der Waals surface area contributed by atoms with E-state index in [4.69, 9.17) is 0 Å². The fourth-order valence-corrected chi connectivity index (χ4v) is 2.84. The molecule has 0 aromatic heterocycles. The van der Waals surface area contributed by atoms with Gasteiger partial charge in [-0.25, -0.2) is 4.79 Å². The van der Waals surface area contributed by atoms with Crippen LogP contribution >= 0.6 is 0 Å². The molecule has 2 rings (SSSR count). The molecular weight excluding hydrogens is 248 g/mol. The van der Waals surface area contributed by atoms with Gasteiger partial charge in [0.25, 0.3) is 0 Å². The monoisotopic (exact) mass is 268 g/mol. The van der Waals surface area contributed by atoms with Gasteiger partial charge < -0.3 is 5.11 Å². The van der Waals surface area contributed by atoms with Gasteiger partial charge in [-0.2, -0.15) is 0 Å². The second kappa shape index (κ2) is 5.69. The quantitative estimate of drug-likeness (QED) is 0.741. The molecule has 1 saturated heterocycles. The smallest absolute Gasteiger partial charge is 0.331 e. The van der Waals surface area contributed by atoms with E-state index in [1.165, 1.54) is 4.90 Å². The van der Waals surface area contributed by atoms with Crippen LogP contribution in [0.4, 0.5) is 4.79 Å². The molecule has 0 spiro atoms. The maximum absolute atomic E-state index is 12.3. The van der Waals surface area contributed by atoms with Crippen LogP contribution in [0.3, 0.4) is 0 Å². The number of amides is 4. The van der Waals surface area contributed by atoms with E-state index < -0.39 is 17.9 Å². The van der Waals surface area contributed by atoms with Crippen molar-refractivity contribution < 1.29 is 19.5 Å². The number of barbiturate groups is 1. The first-order valence-corrected chi connectivity index (χ1v) is 6.90. The van der Waals surface area contributed by atoms with Gasteiger partial charge in [0, 0.05) is 6.04 Å². The number of nitrogens with zero attached hydrogens (tertiary/aromatic N) is 1. The number of hydrogen-bond acceptors (Lipinski definition) is 4. The van der Waals surface area contributed by atoms with Crippen LogP contribution in [0.15, 0.2) is 0 Å². The first kappa shape index (κ1) is 14.0. The Morgan fingerprint density at radius 2 is 1.84 bits per heavy atom. The van der Waals surface area contributed by atoms with Gasteiger partial charge in [-0.15, -0.1) is 0 Å². The SMILES string of the molecule is CCC[C@H]1C(=O)NC(=O)N(C2CCC(O)CC2)C1=O. The number of aliphatic hydroxyl groups is 1. The summed E-state index contributed by atoms with van der Waals surface area (Å²) in [5.74, 6) is -1.60. The minimum atomic E-state index is -0.741. The molecule has 6 heteroatoms. The van der Waals surface area contributed by atoms with E-state index in [0.717, 1.165) is 6.42 Å². The number of imide groups is 2. The van der Waals surface area contributed by atoms with Gasteiger partial charge in [0.2, 0.25) is 11.8 Å². The number of urea groups is 1.